The molecule has 0 N–H and O–H groups in total. The van der Waals surface area contributed by atoms with Crippen molar-refractivity contribution < 1.29 is 4.74 Å². The quantitative estimate of drug-likeness (QED) is 0.598. The largest absolute Gasteiger partial charge is 0.372 e. The van der Waals surface area contributed by atoms with Crippen LogP contribution in [-0.2, 0) is 4.74 Å². The average molecular weight is 274 g/mol. The maximum Gasteiger partial charge on any atom is 0.107 e. The summed E-state index contributed by atoms with van der Waals surface area (Å²) in [7, 11) is 1.64. The zero-order chi connectivity index (χ0) is 14.9. The van der Waals surface area contributed by atoms with Crippen LogP contribution in [0.3, 0.4) is 0 Å². The van der Waals surface area contributed by atoms with E-state index in [-0.39, 0.29) is 0 Å². The van der Waals surface area contributed by atoms with Gasteiger partial charge < -0.3 is 4.74 Å². The fourth-order valence-corrected chi connectivity index (χ4v) is 1.83. The number of aryl methyl sites for hydroxylation is 1. The van der Waals surface area contributed by atoms with E-state index in [0.29, 0.717) is 6.61 Å². The van der Waals surface area contributed by atoms with Crippen molar-refractivity contribution in [1.82, 2.24) is 0 Å². The molecular formula is C20H18O. The topological polar surface area (TPSA) is 9.23 Å². The van der Waals surface area contributed by atoms with Crippen LogP contribution in [0.5, 0.6) is 0 Å². The molecular weight excluding hydrogens is 256 g/mol. The molecule has 0 amide bonds. The van der Waals surface area contributed by atoms with Crippen LogP contribution in [0.25, 0.3) is 12.2 Å². The van der Waals surface area contributed by atoms with Crippen LogP contribution in [0.4, 0.5) is 0 Å². The molecule has 2 rings (SSSR count). The van der Waals surface area contributed by atoms with Crippen LogP contribution in [-0.4, -0.2) is 13.7 Å². The minimum Gasteiger partial charge on any atom is -0.372 e. The predicted molar refractivity (Wildman–Crippen MR) is 88.8 cm³/mol. The molecule has 0 unspecified atom stereocenters. The molecule has 1 nitrogen and oxygen atoms in total. The third-order valence-electron chi connectivity index (χ3n) is 2.97. The van der Waals surface area contributed by atoms with Crippen molar-refractivity contribution in [3.8, 4) is 11.8 Å². The van der Waals surface area contributed by atoms with Crippen LogP contribution >= 0.6 is 0 Å². The second-order valence-corrected chi connectivity index (χ2v) is 4.69. The molecule has 0 aliphatic rings. The monoisotopic (exact) mass is 274 g/mol. The van der Waals surface area contributed by atoms with Gasteiger partial charge in [0.25, 0.3) is 0 Å². The fourth-order valence-electron chi connectivity index (χ4n) is 1.83. The molecule has 0 radical (unpaired) electrons. The summed E-state index contributed by atoms with van der Waals surface area (Å²) < 4.78 is 4.95. The highest BCUT2D eigenvalue weighted by Gasteiger charge is 1.93. The molecule has 0 saturated carbocycles. The van der Waals surface area contributed by atoms with Gasteiger partial charge in [-0.3, -0.25) is 0 Å². The van der Waals surface area contributed by atoms with Crippen molar-refractivity contribution in [3.63, 3.8) is 0 Å². The molecule has 0 fully saturated rings. The Hall–Kier alpha value is -2.52. The standard InChI is InChI=1S/C20H18O/c1-17-12-14-18(15-13-17)7-5-10-19-8-3-4-9-20(19)11-6-16-21-2/h3-4,7-10,12-15H,16H2,1-2H3. The predicted octanol–water partition coefficient (Wildman–Crippen LogP) is 4.32. The lowest BCUT2D eigenvalue weighted by molar-refractivity contribution is 0.240. The average Bonchev–Trinajstić information content (AvgIpc) is 2.51. The summed E-state index contributed by atoms with van der Waals surface area (Å²) >= 11 is 0. The molecule has 104 valence electrons. The van der Waals surface area contributed by atoms with E-state index in [4.69, 9.17) is 4.74 Å². The lowest BCUT2D eigenvalue weighted by Crippen LogP contribution is -1.84. The first kappa shape index (κ1) is 14.9. The molecule has 1 heteroatoms. The van der Waals surface area contributed by atoms with Crippen molar-refractivity contribution in [2.45, 2.75) is 6.92 Å². The molecule has 0 bridgehead atoms. The molecule has 2 aromatic carbocycles. The van der Waals surface area contributed by atoms with Gasteiger partial charge in [0.15, 0.2) is 0 Å². The summed E-state index contributed by atoms with van der Waals surface area (Å²) in [6, 6.07) is 16.4. The molecule has 2 aromatic rings. The van der Waals surface area contributed by atoms with Gasteiger partial charge in [-0.1, -0.05) is 59.9 Å². The number of hydrogen-bond acceptors (Lipinski definition) is 1. The number of methoxy groups -OCH3 is 1. The smallest absolute Gasteiger partial charge is 0.107 e. The molecule has 0 spiro atoms. The lowest BCUT2D eigenvalue weighted by atomic mass is 10.1. The Morgan fingerprint density at radius 1 is 1.00 bits per heavy atom. The number of benzene rings is 2. The second kappa shape index (κ2) is 7.92. The third-order valence-corrected chi connectivity index (χ3v) is 2.97. The van der Waals surface area contributed by atoms with Crippen LogP contribution in [0.2, 0.25) is 0 Å². The number of hydrogen-bond donors (Lipinski definition) is 0. The van der Waals surface area contributed by atoms with E-state index in [1.807, 2.05) is 36.4 Å². The Morgan fingerprint density at radius 3 is 2.52 bits per heavy atom. The zero-order valence-corrected chi connectivity index (χ0v) is 12.4. The first-order valence-electron chi connectivity index (χ1n) is 6.85. The van der Waals surface area contributed by atoms with Crippen LogP contribution < -0.4 is 0 Å². The highest BCUT2D eigenvalue weighted by Crippen LogP contribution is 2.10. The minimum atomic E-state index is 0.442. The fraction of sp³-hybridized carbons (Fsp3) is 0.150. The van der Waals surface area contributed by atoms with Gasteiger partial charge >= 0.3 is 0 Å². The van der Waals surface area contributed by atoms with Crippen LogP contribution in [0.1, 0.15) is 22.3 Å². The molecule has 0 atom stereocenters. The van der Waals surface area contributed by atoms with Crippen molar-refractivity contribution >= 4 is 12.2 Å². The van der Waals surface area contributed by atoms with E-state index in [1.165, 1.54) is 5.56 Å². The van der Waals surface area contributed by atoms with Crippen LogP contribution in [0, 0.1) is 18.8 Å². The molecule has 0 aromatic heterocycles. The summed E-state index contributed by atoms with van der Waals surface area (Å²) in [4.78, 5) is 0. The van der Waals surface area contributed by atoms with E-state index in [2.05, 4.69) is 48.8 Å². The van der Waals surface area contributed by atoms with E-state index < -0.39 is 0 Å². The van der Waals surface area contributed by atoms with E-state index in [1.54, 1.807) is 7.11 Å². The maximum atomic E-state index is 4.95. The maximum absolute atomic E-state index is 4.95. The molecule has 0 heterocycles. The lowest BCUT2D eigenvalue weighted by Gasteiger charge is -1.96. The molecule has 0 saturated heterocycles. The zero-order valence-electron chi connectivity index (χ0n) is 12.4. The van der Waals surface area contributed by atoms with E-state index in [9.17, 15) is 0 Å². The van der Waals surface area contributed by atoms with Crippen molar-refractivity contribution in [2.75, 3.05) is 13.7 Å². The van der Waals surface area contributed by atoms with Gasteiger partial charge in [0.2, 0.25) is 0 Å². The SMILES string of the molecule is COCC#Cc1ccccc1C=C=Cc1ccc(C)cc1. The highest BCUT2D eigenvalue weighted by molar-refractivity contribution is 5.62. The van der Waals surface area contributed by atoms with Crippen molar-refractivity contribution in [2.24, 2.45) is 0 Å². The van der Waals surface area contributed by atoms with Gasteiger partial charge in [-0.2, -0.15) is 0 Å². The van der Waals surface area contributed by atoms with Crippen molar-refractivity contribution in [3.05, 3.63) is 76.5 Å². The van der Waals surface area contributed by atoms with Gasteiger partial charge in [-0.15, -0.1) is 5.73 Å². The summed E-state index contributed by atoms with van der Waals surface area (Å²) in [6.45, 7) is 2.52. The first-order chi connectivity index (χ1) is 10.3. The molecule has 21 heavy (non-hydrogen) atoms. The minimum absolute atomic E-state index is 0.442. The Balaban J connectivity index is 2.21. The Labute approximate surface area is 126 Å². The molecule has 0 aliphatic carbocycles. The van der Waals surface area contributed by atoms with Gasteiger partial charge in [-0.25, -0.2) is 0 Å². The Morgan fingerprint density at radius 2 is 1.76 bits per heavy atom. The third kappa shape index (κ3) is 4.82. The van der Waals surface area contributed by atoms with E-state index >= 15 is 0 Å². The van der Waals surface area contributed by atoms with Gasteiger partial charge in [0.05, 0.1) is 0 Å². The van der Waals surface area contributed by atoms with Crippen molar-refractivity contribution in [1.29, 1.82) is 0 Å². The summed E-state index contributed by atoms with van der Waals surface area (Å²) in [6.07, 6.45) is 3.93. The second-order valence-electron chi connectivity index (χ2n) is 4.69. The van der Waals surface area contributed by atoms with Gasteiger partial charge in [0.1, 0.15) is 6.61 Å². The van der Waals surface area contributed by atoms with Gasteiger partial charge in [-0.05, 0) is 36.3 Å². The number of rotatable bonds is 3. The summed E-state index contributed by atoms with van der Waals surface area (Å²) in [5.41, 5.74) is 7.66. The summed E-state index contributed by atoms with van der Waals surface area (Å²) in [5, 5.41) is 0. The van der Waals surface area contributed by atoms with E-state index in [0.717, 1.165) is 16.7 Å². The summed E-state index contributed by atoms with van der Waals surface area (Å²) in [5.74, 6) is 6.09. The Kier molecular flexibility index (Phi) is 5.61. The van der Waals surface area contributed by atoms with Gasteiger partial charge in [0, 0.05) is 12.7 Å². The Bertz CT molecular complexity index is 705. The molecule has 0 aliphatic heterocycles. The van der Waals surface area contributed by atoms with Crippen LogP contribution in [0.15, 0.2) is 54.3 Å². The number of ether oxygens (including phenoxy) is 1. The first-order valence-corrected chi connectivity index (χ1v) is 6.85. The normalized spacial score (nSPS) is 9.24. The highest BCUT2D eigenvalue weighted by atomic mass is 16.5.